The summed E-state index contributed by atoms with van der Waals surface area (Å²) < 4.78 is 14.7. The zero-order valence-corrected chi connectivity index (χ0v) is 15.8. The fourth-order valence-electron chi connectivity index (χ4n) is 3.68. The lowest BCUT2D eigenvalue weighted by Crippen LogP contribution is -2.30. The van der Waals surface area contributed by atoms with E-state index in [9.17, 15) is 9.18 Å². The van der Waals surface area contributed by atoms with Crippen LogP contribution in [-0.4, -0.2) is 24.0 Å². The van der Waals surface area contributed by atoms with E-state index in [1.807, 2.05) is 42.5 Å². The van der Waals surface area contributed by atoms with Crippen LogP contribution >= 0.6 is 0 Å². The molecule has 2 aromatic carbocycles. The number of piperidine rings is 1. The highest BCUT2D eigenvalue weighted by molar-refractivity contribution is 5.94. The zero-order valence-electron chi connectivity index (χ0n) is 15.8. The van der Waals surface area contributed by atoms with Gasteiger partial charge < -0.3 is 10.2 Å². The van der Waals surface area contributed by atoms with Crippen molar-refractivity contribution in [2.24, 2.45) is 0 Å². The molecule has 0 bridgehead atoms. The Bertz CT molecular complexity index is 968. The molecule has 1 saturated heterocycles. The summed E-state index contributed by atoms with van der Waals surface area (Å²) in [6.07, 6.45) is 4.55. The Hall–Kier alpha value is -2.95. The lowest BCUT2D eigenvalue weighted by molar-refractivity contribution is -0.116. The second-order valence-electron chi connectivity index (χ2n) is 7.28. The number of fused-ring (bicyclic) bond motifs is 1. The van der Waals surface area contributed by atoms with Crippen molar-refractivity contribution in [2.75, 3.05) is 23.3 Å². The third kappa shape index (κ3) is 4.30. The standard InChI is InChI=1S/C23H24FN3O/c24-20-16-19(25-22(28)12-9-17-7-3-1-4-8-17)15-18-10-11-21(26-23(18)20)27-13-5-2-6-14-27/h1,3-4,7-8,10-11,15-16H,2,5-6,9,12-14H2,(H,25,28). The van der Waals surface area contributed by atoms with Crippen LogP contribution in [0.15, 0.2) is 54.6 Å². The minimum absolute atomic E-state index is 0.125. The van der Waals surface area contributed by atoms with Gasteiger partial charge in [-0.1, -0.05) is 30.3 Å². The van der Waals surface area contributed by atoms with E-state index < -0.39 is 5.82 Å². The zero-order chi connectivity index (χ0) is 19.3. The van der Waals surface area contributed by atoms with Gasteiger partial charge in [-0.3, -0.25) is 4.79 Å². The Morgan fingerprint density at radius 3 is 2.61 bits per heavy atom. The summed E-state index contributed by atoms with van der Waals surface area (Å²) in [5, 5.41) is 3.50. The van der Waals surface area contributed by atoms with E-state index >= 15 is 0 Å². The Balaban J connectivity index is 1.46. The van der Waals surface area contributed by atoms with Crippen LogP contribution in [0.1, 0.15) is 31.2 Å². The molecule has 1 amide bonds. The van der Waals surface area contributed by atoms with Crippen LogP contribution in [0.4, 0.5) is 15.9 Å². The van der Waals surface area contributed by atoms with E-state index in [0.29, 0.717) is 29.4 Å². The number of aromatic nitrogens is 1. The van der Waals surface area contributed by atoms with Crippen LogP contribution in [-0.2, 0) is 11.2 Å². The molecule has 1 N–H and O–H groups in total. The summed E-state index contributed by atoms with van der Waals surface area (Å²) in [7, 11) is 0. The molecule has 0 saturated carbocycles. The number of hydrogen-bond donors (Lipinski definition) is 1. The number of rotatable bonds is 5. The summed E-state index contributed by atoms with van der Waals surface area (Å²) in [4.78, 5) is 19.0. The van der Waals surface area contributed by atoms with Gasteiger partial charge in [0, 0.05) is 30.6 Å². The number of carbonyl (C=O) groups excluding carboxylic acids is 1. The molecule has 1 aliphatic heterocycles. The first-order valence-electron chi connectivity index (χ1n) is 9.88. The molecule has 4 rings (SSSR count). The van der Waals surface area contributed by atoms with E-state index in [4.69, 9.17) is 0 Å². The number of nitrogens with zero attached hydrogens (tertiary/aromatic N) is 2. The first-order chi connectivity index (χ1) is 13.7. The lowest BCUT2D eigenvalue weighted by atomic mass is 10.1. The number of nitrogens with one attached hydrogen (secondary N) is 1. The van der Waals surface area contributed by atoms with E-state index in [2.05, 4.69) is 15.2 Å². The van der Waals surface area contributed by atoms with E-state index in [0.717, 1.165) is 37.3 Å². The predicted molar refractivity (Wildman–Crippen MR) is 111 cm³/mol. The molecule has 5 heteroatoms. The van der Waals surface area contributed by atoms with Gasteiger partial charge in [0.05, 0.1) is 0 Å². The monoisotopic (exact) mass is 377 g/mol. The number of anilines is 2. The molecule has 1 aliphatic rings. The topological polar surface area (TPSA) is 45.2 Å². The highest BCUT2D eigenvalue weighted by Crippen LogP contribution is 2.26. The summed E-state index contributed by atoms with van der Waals surface area (Å²) >= 11 is 0. The van der Waals surface area contributed by atoms with Crippen LogP contribution in [0, 0.1) is 5.82 Å². The van der Waals surface area contributed by atoms with Gasteiger partial charge in [-0.2, -0.15) is 0 Å². The predicted octanol–water partition coefficient (Wildman–Crippen LogP) is 4.94. The van der Waals surface area contributed by atoms with E-state index in [1.165, 1.54) is 12.5 Å². The molecule has 1 aromatic heterocycles. The van der Waals surface area contributed by atoms with Crippen LogP contribution in [0.5, 0.6) is 0 Å². The third-order valence-electron chi connectivity index (χ3n) is 5.18. The average Bonchev–Trinajstić information content (AvgIpc) is 2.73. The SMILES string of the molecule is O=C(CCc1ccccc1)Nc1cc(F)c2nc(N3CCCCC3)ccc2c1. The van der Waals surface area contributed by atoms with Gasteiger partial charge in [0.15, 0.2) is 5.82 Å². The molecular formula is C23H24FN3O. The fourth-order valence-corrected chi connectivity index (χ4v) is 3.68. The second kappa shape index (κ2) is 8.38. The maximum absolute atomic E-state index is 14.7. The van der Waals surface area contributed by atoms with E-state index in [1.54, 1.807) is 6.07 Å². The number of carbonyl (C=O) groups is 1. The molecule has 0 spiro atoms. The highest BCUT2D eigenvalue weighted by atomic mass is 19.1. The smallest absolute Gasteiger partial charge is 0.224 e. The third-order valence-corrected chi connectivity index (χ3v) is 5.18. The van der Waals surface area contributed by atoms with Crippen molar-refractivity contribution >= 4 is 28.3 Å². The fraction of sp³-hybridized carbons (Fsp3) is 0.304. The second-order valence-corrected chi connectivity index (χ2v) is 7.28. The maximum Gasteiger partial charge on any atom is 0.224 e. The number of pyridine rings is 1. The number of amides is 1. The number of aryl methyl sites for hydroxylation is 1. The summed E-state index contributed by atoms with van der Waals surface area (Å²) in [6, 6.07) is 16.8. The molecule has 3 aromatic rings. The molecule has 0 unspecified atom stereocenters. The normalized spacial score (nSPS) is 14.2. The van der Waals surface area contributed by atoms with Crippen LogP contribution in [0.3, 0.4) is 0 Å². The summed E-state index contributed by atoms with van der Waals surface area (Å²) in [5.74, 6) is 0.293. The largest absolute Gasteiger partial charge is 0.357 e. The Morgan fingerprint density at radius 1 is 1.04 bits per heavy atom. The molecule has 1 fully saturated rings. The van der Waals surface area contributed by atoms with Crippen molar-refractivity contribution in [1.29, 1.82) is 0 Å². The maximum atomic E-state index is 14.7. The van der Waals surface area contributed by atoms with Crippen molar-refractivity contribution in [1.82, 2.24) is 4.98 Å². The van der Waals surface area contributed by atoms with Crippen molar-refractivity contribution in [3.63, 3.8) is 0 Å². The van der Waals surface area contributed by atoms with Crippen molar-refractivity contribution < 1.29 is 9.18 Å². The molecular weight excluding hydrogens is 353 g/mol. The summed E-state index contributed by atoms with van der Waals surface area (Å²) in [5.41, 5.74) is 1.93. The molecule has 4 nitrogen and oxygen atoms in total. The molecule has 0 radical (unpaired) electrons. The molecule has 0 aliphatic carbocycles. The van der Waals surface area contributed by atoms with Gasteiger partial charge in [0.1, 0.15) is 11.3 Å². The minimum Gasteiger partial charge on any atom is -0.357 e. The first kappa shape index (κ1) is 18.4. The van der Waals surface area contributed by atoms with Crippen LogP contribution < -0.4 is 10.2 Å². The number of hydrogen-bond acceptors (Lipinski definition) is 3. The highest BCUT2D eigenvalue weighted by Gasteiger charge is 2.14. The summed E-state index contributed by atoms with van der Waals surface area (Å²) in [6.45, 7) is 1.94. The number of benzene rings is 2. The van der Waals surface area contributed by atoms with Gasteiger partial charge in [0.25, 0.3) is 0 Å². The van der Waals surface area contributed by atoms with Gasteiger partial charge in [-0.15, -0.1) is 0 Å². The van der Waals surface area contributed by atoms with Gasteiger partial charge >= 0.3 is 0 Å². The Labute approximate surface area is 164 Å². The molecule has 144 valence electrons. The average molecular weight is 377 g/mol. The quantitative estimate of drug-likeness (QED) is 0.685. The molecule has 28 heavy (non-hydrogen) atoms. The van der Waals surface area contributed by atoms with Crippen molar-refractivity contribution in [2.45, 2.75) is 32.1 Å². The van der Waals surface area contributed by atoms with Gasteiger partial charge in [-0.25, -0.2) is 9.37 Å². The first-order valence-corrected chi connectivity index (χ1v) is 9.88. The minimum atomic E-state index is -0.408. The van der Waals surface area contributed by atoms with Crippen LogP contribution in [0.2, 0.25) is 0 Å². The Kier molecular flexibility index (Phi) is 5.51. The Morgan fingerprint density at radius 2 is 1.82 bits per heavy atom. The van der Waals surface area contributed by atoms with Gasteiger partial charge in [0.2, 0.25) is 5.91 Å². The molecule has 0 atom stereocenters. The molecule has 2 heterocycles. The van der Waals surface area contributed by atoms with Crippen LogP contribution in [0.25, 0.3) is 10.9 Å². The lowest BCUT2D eigenvalue weighted by Gasteiger charge is -2.27. The van der Waals surface area contributed by atoms with E-state index in [-0.39, 0.29) is 5.91 Å². The van der Waals surface area contributed by atoms with Gasteiger partial charge in [-0.05, 0) is 55.5 Å². The number of halogens is 1. The van der Waals surface area contributed by atoms with Crippen molar-refractivity contribution in [3.05, 3.63) is 66.0 Å². The van der Waals surface area contributed by atoms with Crippen molar-refractivity contribution in [3.8, 4) is 0 Å².